The van der Waals surface area contributed by atoms with E-state index in [1.807, 2.05) is 11.9 Å². The van der Waals surface area contributed by atoms with Crippen LogP contribution in [0.1, 0.15) is 17.4 Å². The molecule has 0 aliphatic heterocycles. The highest BCUT2D eigenvalue weighted by atomic mass is 127. The standard InChI is InChI=1S/C15H19ClN4O2.HI/c1-17-15(20(2)10-13-7-8-22-19-13)18-9-14(21)11-3-5-12(16)6-4-11;/h3-8,14,21H,9-10H2,1-2H3,(H,17,18);1H. The number of halogens is 2. The van der Waals surface area contributed by atoms with Gasteiger partial charge in [0, 0.05) is 31.7 Å². The summed E-state index contributed by atoms with van der Waals surface area (Å²) in [6, 6.07) is 8.91. The van der Waals surface area contributed by atoms with Gasteiger partial charge in [0.15, 0.2) is 5.96 Å². The molecule has 0 aliphatic carbocycles. The zero-order chi connectivity index (χ0) is 15.9. The molecule has 0 spiro atoms. The molecule has 0 bridgehead atoms. The van der Waals surface area contributed by atoms with Crippen molar-refractivity contribution in [2.45, 2.75) is 12.6 Å². The quantitative estimate of drug-likeness (QED) is 0.416. The maximum atomic E-state index is 10.2. The summed E-state index contributed by atoms with van der Waals surface area (Å²) in [6.07, 6.45) is 0.887. The summed E-state index contributed by atoms with van der Waals surface area (Å²) in [4.78, 5) is 6.08. The van der Waals surface area contributed by atoms with Crippen molar-refractivity contribution in [2.75, 3.05) is 20.6 Å². The third-order valence-corrected chi connectivity index (χ3v) is 3.42. The van der Waals surface area contributed by atoms with E-state index in [1.54, 1.807) is 37.4 Å². The number of aliphatic hydroxyl groups is 1. The van der Waals surface area contributed by atoms with Crippen molar-refractivity contribution < 1.29 is 9.63 Å². The number of aliphatic hydroxyl groups excluding tert-OH is 1. The number of guanidine groups is 1. The normalized spacial score (nSPS) is 12.4. The van der Waals surface area contributed by atoms with Crippen LogP contribution in [0.5, 0.6) is 0 Å². The van der Waals surface area contributed by atoms with E-state index in [0.29, 0.717) is 24.1 Å². The van der Waals surface area contributed by atoms with Crippen LogP contribution in [0.4, 0.5) is 0 Å². The molecule has 2 N–H and O–H groups in total. The number of nitrogens with zero attached hydrogens (tertiary/aromatic N) is 3. The highest BCUT2D eigenvalue weighted by molar-refractivity contribution is 14.0. The molecular formula is C15H20ClIN4O2. The summed E-state index contributed by atoms with van der Waals surface area (Å²) in [5.41, 5.74) is 1.61. The molecule has 0 amide bonds. The zero-order valence-corrected chi connectivity index (χ0v) is 16.0. The van der Waals surface area contributed by atoms with Crippen molar-refractivity contribution in [3.8, 4) is 0 Å². The second-order valence-electron chi connectivity index (χ2n) is 4.84. The van der Waals surface area contributed by atoms with Crippen LogP contribution in [-0.2, 0) is 6.54 Å². The van der Waals surface area contributed by atoms with Crippen molar-refractivity contribution in [3.63, 3.8) is 0 Å². The Morgan fingerprint density at radius 1 is 1.39 bits per heavy atom. The molecule has 6 nitrogen and oxygen atoms in total. The minimum absolute atomic E-state index is 0. The average Bonchev–Trinajstić information content (AvgIpc) is 3.01. The second-order valence-corrected chi connectivity index (χ2v) is 5.28. The Balaban J connectivity index is 0.00000264. The maximum absolute atomic E-state index is 10.2. The fourth-order valence-corrected chi connectivity index (χ4v) is 2.14. The lowest BCUT2D eigenvalue weighted by Gasteiger charge is -2.22. The largest absolute Gasteiger partial charge is 0.387 e. The third-order valence-electron chi connectivity index (χ3n) is 3.17. The Bertz CT molecular complexity index is 604. The second kappa shape index (κ2) is 9.74. The molecule has 1 atom stereocenters. The Labute approximate surface area is 157 Å². The first-order valence-electron chi connectivity index (χ1n) is 6.84. The van der Waals surface area contributed by atoms with Crippen LogP contribution in [0.2, 0.25) is 5.02 Å². The van der Waals surface area contributed by atoms with E-state index in [-0.39, 0.29) is 24.0 Å². The van der Waals surface area contributed by atoms with Crippen molar-refractivity contribution >= 4 is 41.5 Å². The number of rotatable bonds is 5. The summed E-state index contributed by atoms with van der Waals surface area (Å²) in [5.74, 6) is 0.663. The Morgan fingerprint density at radius 3 is 2.65 bits per heavy atom. The summed E-state index contributed by atoms with van der Waals surface area (Å²) in [6.45, 7) is 0.907. The first kappa shape index (κ1) is 19.7. The molecule has 1 aromatic heterocycles. The lowest BCUT2D eigenvalue weighted by Crippen LogP contribution is -2.40. The molecule has 8 heteroatoms. The van der Waals surface area contributed by atoms with Crippen molar-refractivity contribution in [1.29, 1.82) is 0 Å². The van der Waals surface area contributed by atoms with Gasteiger partial charge in [-0.2, -0.15) is 0 Å². The van der Waals surface area contributed by atoms with E-state index in [1.165, 1.54) is 6.26 Å². The highest BCUT2D eigenvalue weighted by Gasteiger charge is 2.12. The van der Waals surface area contributed by atoms with Crippen LogP contribution in [-0.4, -0.2) is 41.8 Å². The van der Waals surface area contributed by atoms with Crippen LogP contribution in [0.25, 0.3) is 0 Å². The third kappa shape index (κ3) is 6.00. The van der Waals surface area contributed by atoms with Crippen LogP contribution in [0.3, 0.4) is 0 Å². The molecule has 1 heterocycles. The van der Waals surface area contributed by atoms with Crippen LogP contribution >= 0.6 is 35.6 Å². The Hall–Kier alpha value is -1.32. The molecule has 0 saturated carbocycles. The number of nitrogens with one attached hydrogen (secondary N) is 1. The number of hydrogen-bond donors (Lipinski definition) is 2. The average molecular weight is 451 g/mol. The molecule has 0 fully saturated rings. The predicted molar refractivity (Wildman–Crippen MR) is 101 cm³/mol. The molecular weight excluding hydrogens is 431 g/mol. The van der Waals surface area contributed by atoms with E-state index in [9.17, 15) is 5.11 Å². The number of hydrogen-bond acceptors (Lipinski definition) is 4. The van der Waals surface area contributed by atoms with Gasteiger partial charge in [0.25, 0.3) is 0 Å². The lowest BCUT2D eigenvalue weighted by molar-refractivity contribution is 0.179. The first-order chi connectivity index (χ1) is 10.6. The zero-order valence-electron chi connectivity index (χ0n) is 12.9. The number of aromatic nitrogens is 1. The van der Waals surface area contributed by atoms with Gasteiger partial charge in [-0.15, -0.1) is 24.0 Å². The fourth-order valence-electron chi connectivity index (χ4n) is 2.01. The number of benzene rings is 1. The van der Waals surface area contributed by atoms with Gasteiger partial charge in [0.2, 0.25) is 0 Å². The van der Waals surface area contributed by atoms with Crippen LogP contribution in [0, 0.1) is 0 Å². The summed E-state index contributed by atoms with van der Waals surface area (Å²) in [5, 5.41) is 17.8. The molecule has 0 saturated heterocycles. The summed E-state index contributed by atoms with van der Waals surface area (Å²) >= 11 is 5.84. The van der Waals surface area contributed by atoms with Crippen molar-refractivity contribution in [2.24, 2.45) is 4.99 Å². The van der Waals surface area contributed by atoms with Crippen molar-refractivity contribution in [1.82, 2.24) is 15.4 Å². The van der Waals surface area contributed by atoms with Gasteiger partial charge in [0.1, 0.15) is 12.0 Å². The first-order valence-corrected chi connectivity index (χ1v) is 7.22. The molecule has 0 radical (unpaired) electrons. The van der Waals surface area contributed by atoms with Crippen molar-refractivity contribution in [3.05, 3.63) is 52.9 Å². The van der Waals surface area contributed by atoms with Gasteiger partial charge in [0.05, 0.1) is 12.6 Å². The molecule has 0 aliphatic rings. The van der Waals surface area contributed by atoms with Gasteiger partial charge in [-0.3, -0.25) is 4.99 Å². The van der Waals surface area contributed by atoms with E-state index in [2.05, 4.69) is 15.5 Å². The van der Waals surface area contributed by atoms with Gasteiger partial charge in [-0.25, -0.2) is 0 Å². The topological polar surface area (TPSA) is 73.9 Å². The monoisotopic (exact) mass is 450 g/mol. The summed E-state index contributed by atoms with van der Waals surface area (Å²) in [7, 11) is 3.58. The lowest BCUT2D eigenvalue weighted by atomic mass is 10.1. The maximum Gasteiger partial charge on any atom is 0.193 e. The smallest absolute Gasteiger partial charge is 0.193 e. The number of aliphatic imine (C=N–C) groups is 1. The molecule has 126 valence electrons. The molecule has 1 unspecified atom stereocenters. The molecule has 2 rings (SSSR count). The van der Waals surface area contributed by atoms with Crippen LogP contribution < -0.4 is 5.32 Å². The van der Waals surface area contributed by atoms with E-state index in [0.717, 1.165) is 11.3 Å². The minimum Gasteiger partial charge on any atom is -0.387 e. The Morgan fingerprint density at radius 2 is 2.09 bits per heavy atom. The fraction of sp³-hybridized carbons (Fsp3) is 0.333. The Kier molecular flexibility index (Phi) is 8.35. The molecule has 2 aromatic rings. The van der Waals surface area contributed by atoms with Gasteiger partial charge in [-0.1, -0.05) is 28.9 Å². The predicted octanol–water partition coefficient (Wildman–Crippen LogP) is 2.69. The van der Waals surface area contributed by atoms with E-state index in [4.69, 9.17) is 16.1 Å². The van der Waals surface area contributed by atoms with Gasteiger partial charge < -0.3 is 19.8 Å². The minimum atomic E-state index is -0.644. The van der Waals surface area contributed by atoms with E-state index >= 15 is 0 Å². The summed E-state index contributed by atoms with van der Waals surface area (Å²) < 4.78 is 4.81. The van der Waals surface area contributed by atoms with E-state index < -0.39 is 6.10 Å². The molecule has 23 heavy (non-hydrogen) atoms. The SMILES string of the molecule is CN=C(NCC(O)c1ccc(Cl)cc1)N(C)Cc1ccon1.I. The van der Waals surface area contributed by atoms with Gasteiger partial charge >= 0.3 is 0 Å². The van der Waals surface area contributed by atoms with Gasteiger partial charge in [-0.05, 0) is 17.7 Å². The molecule has 1 aromatic carbocycles. The van der Waals surface area contributed by atoms with Crippen LogP contribution in [0.15, 0.2) is 46.1 Å². The highest BCUT2D eigenvalue weighted by Crippen LogP contribution is 2.15.